The third-order valence-corrected chi connectivity index (χ3v) is 1.62. The second-order valence-electron chi connectivity index (χ2n) is 2.30. The van der Waals surface area contributed by atoms with Crippen LogP contribution in [-0.4, -0.2) is 12.1 Å². The summed E-state index contributed by atoms with van der Waals surface area (Å²) < 4.78 is 0. The molecular formula is C5H12Cl2N2Pt. The molecule has 1 rings (SSSR count). The van der Waals surface area contributed by atoms with Gasteiger partial charge < -0.3 is 11.5 Å². The quantitative estimate of drug-likeness (QED) is 0.677. The van der Waals surface area contributed by atoms with E-state index < -0.39 is 16.5 Å². The predicted molar refractivity (Wildman–Crippen MR) is 41.5 cm³/mol. The van der Waals surface area contributed by atoms with Crippen LogP contribution in [0.4, 0.5) is 0 Å². The Hall–Kier alpha value is 1.19. The summed E-state index contributed by atoms with van der Waals surface area (Å²) in [5.41, 5.74) is 11.1. The summed E-state index contributed by atoms with van der Waals surface area (Å²) in [6.45, 7) is 0. The molecule has 0 amide bonds. The van der Waals surface area contributed by atoms with E-state index in [1.54, 1.807) is 0 Å². The van der Waals surface area contributed by atoms with Crippen LogP contribution in [-0.2, 0) is 16.5 Å². The Morgan fingerprint density at radius 2 is 1.40 bits per heavy atom. The molecule has 0 aromatic rings. The Bertz CT molecular complexity index is 76.0. The van der Waals surface area contributed by atoms with E-state index in [1.165, 1.54) is 6.42 Å². The van der Waals surface area contributed by atoms with Gasteiger partial charge in [0, 0.05) is 12.1 Å². The summed E-state index contributed by atoms with van der Waals surface area (Å²) >= 11 is -0.472. The van der Waals surface area contributed by atoms with Crippen LogP contribution in [0.1, 0.15) is 19.3 Å². The van der Waals surface area contributed by atoms with Crippen LogP contribution < -0.4 is 11.5 Å². The van der Waals surface area contributed by atoms with Gasteiger partial charge in [0.05, 0.1) is 0 Å². The molecule has 66 valence electrons. The fourth-order valence-electron chi connectivity index (χ4n) is 1.02. The standard InChI is InChI=1S/C5H12N2.2ClH.Pt/c6-4-2-1-3-5(4)7;;;/h4-5H,1-3,6-7H2;2*1H;/q;;;+2/p-2. The van der Waals surface area contributed by atoms with Crippen molar-refractivity contribution in [2.45, 2.75) is 31.3 Å². The molecule has 2 unspecified atom stereocenters. The van der Waals surface area contributed by atoms with Gasteiger partial charge in [0.25, 0.3) is 0 Å². The fourth-order valence-corrected chi connectivity index (χ4v) is 1.02. The van der Waals surface area contributed by atoms with Gasteiger partial charge in [-0.05, 0) is 12.8 Å². The van der Waals surface area contributed by atoms with Gasteiger partial charge in [0.1, 0.15) is 0 Å². The van der Waals surface area contributed by atoms with Crippen molar-refractivity contribution in [1.82, 2.24) is 0 Å². The molecule has 1 saturated carbocycles. The van der Waals surface area contributed by atoms with Crippen LogP contribution in [0.5, 0.6) is 0 Å². The predicted octanol–water partition coefficient (Wildman–Crippen LogP) is 1.20. The van der Waals surface area contributed by atoms with Crippen molar-refractivity contribution in [3.05, 3.63) is 0 Å². The van der Waals surface area contributed by atoms with Gasteiger partial charge in [-0.3, -0.25) is 0 Å². The summed E-state index contributed by atoms with van der Waals surface area (Å²) in [5, 5.41) is 0. The summed E-state index contributed by atoms with van der Waals surface area (Å²) in [6.07, 6.45) is 3.48. The minimum absolute atomic E-state index is 0.292. The molecule has 5 heteroatoms. The van der Waals surface area contributed by atoms with Gasteiger partial charge in [0.2, 0.25) is 0 Å². The fraction of sp³-hybridized carbons (Fsp3) is 1.00. The van der Waals surface area contributed by atoms with E-state index in [-0.39, 0.29) is 0 Å². The first kappa shape index (κ1) is 11.2. The van der Waals surface area contributed by atoms with Crippen LogP contribution in [0, 0.1) is 0 Å². The van der Waals surface area contributed by atoms with Gasteiger partial charge in [-0.15, -0.1) is 0 Å². The third kappa shape index (κ3) is 4.92. The van der Waals surface area contributed by atoms with Crippen molar-refractivity contribution in [2.24, 2.45) is 11.5 Å². The maximum absolute atomic E-state index is 5.55. The molecule has 0 heterocycles. The second kappa shape index (κ2) is 6.87. The molecule has 4 N–H and O–H groups in total. The summed E-state index contributed by atoms with van der Waals surface area (Å²) in [6, 6.07) is 0.583. The van der Waals surface area contributed by atoms with Gasteiger partial charge >= 0.3 is 35.3 Å². The van der Waals surface area contributed by atoms with Gasteiger partial charge in [-0.2, -0.15) is 0 Å². The SMILES string of the molecule is NC1CCCC1N.[Cl][Pt][Cl]. The first-order valence-corrected chi connectivity index (χ1v) is 8.69. The van der Waals surface area contributed by atoms with E-state index in [0.29, 0.717) is 12.1 Å². The van der Waals surface area contributed by atoms with E-state index in [4.69, 9.17) is 30.3 Å². The number of hydrogen-bond acceptors (Lipinski definition) is 2. The molecule has 2 nitrogen and oxygen atoms in total. The molecule has 0 saturated heterocycles. The third-order valence-electron chi connectivity index (χ3n) is 1.62. The van der Waals surface area contributed by atoms with Crippen molar-refractivity contribution < 1.29 is 16.5 Å². The van der Waals surface area contributed by atoms with Crippen molar-refractivity contribution in [3.63, 3.8) is 0 Å². The summed E-state index contributed by atoms with van der Waals surface area (Å²) in [5.74, 6) is 0. The Balaban J connectivity index is 0.000000236. The van der Waals surface area contributed by atoms with Crippen LogP contribution in [0.25, 0.3) is 0 Å². The number of halogens is 2. The number of hydrogen-bond donors (Lipinski definition) is 2. The Morgan fingerprint density at radius 1 is 1.10 bits per heavy atom. The van der Waals surface area contributed by atoms with Crippen molar-refractivity contribution >= 4 is 18.8 Å². The number of rotatable bonds is 0. The van der Waals surface area contributed by atoms with Crippen molar-refractivity contribution in [1.29, 1.82) is 0 Å². The topological polar surface area (TPSA) is 52.0 Å². The van der Waals surface area contributed by atoms with Gasteiger partial charge in [0.15, 0.2) is 0 Å². The zero-order valence-electron chi connectivity index (χ0n) is 5.50. The molecule has 0 aromatic heterocycles. The zero-order valence-corrected chi connectivity index (χ0v) is 9.29. The van der Waals surface area contributed by atoms with Crippen molar-refractivity contribution in [2.75, 3.05) is 0 Å². The van der Waals surface area contributed by atoms with Crippen LogP contribution in [0.2, 0.25) is 0 Å². The first-order valence-electron chi connectivity index (χ1n) is 3.06. The molecule has 1 aliphatic rings. The van der Waals surface area contributed by atoms with Gasteiger partial charge in [-0.1, -0.05) is 6.42 Å². The average Bonchev–Trinajstić information content (AvgIpc) is 2.19. The normalized spacial score (nSPS) is 31.6. The molecule has 0 radical (unpaired) electrons. The molecule has 1 fully saturated rings. The van der Waals surface area contributed by atoms with Gasteiger partial charge in [-0.25, -0.2) is 0 Å². The van der Waals surface area contributed by atoms with E-state index in [9.17, 15) is 0 Å². The average molecular weight is 366 g/mol. The Labute approximate surface area is 78.0 Å². The first-order chi connectivity index (χ1) is 4.72. The molecule has 1 aliphatic carbocycles. The molecule has 10 heavy (non-hydrogen) atoms. The van der Waals surface area contributed by atoms with Crippen LogP contribution in [0.3, 0.4) is 0 Å². The summed E-state index contributed by atoms with van der Waals surface area (Å²) in [7, 11) is 9.75. The maximum atomic E-state index is 5.55. The van der Waals surface area contributed by atoms with E-state index in [1.807, 2.05) is 0 Å². The monoisotopic (exact) mass is 365 g/mol. The molecule has 0 aromatic carbocycles. The van der Waals surface area contributed by atoms with E-state index in [2.05, 4.69) is 0 Å². The Kier molecular flexibility index (Phi) is 7.69. The molecule has 0 aliphatic heterocycles. The number of nitrogens with two attached hydrogens (primary N) is 2. The zero-order chi connectivity index (χ0) is 7.98. The van der Waals surface area contributed by atoms with Crippen LogP contribution in [0.15, 0.2) is 0 Å². The minimum atomic E-state index is -0.472. The Morgan fingerprint density at radius 3 is 1.50 bits per heavy atom. The van der Waals surface area contributed by atoms with Crippen LogP contribution >= 0.6 is 18.8 Å². The molecule has 2 atom stereocenters. The molecule has 0 spiro atoms. The van der Waals surface area contributed by atoms with E-state index in [0.717, 1.165) is 12.8 Å². The second-order valence-corrected chi connectivity index (χ2v) is 5.59. The van der Waals surface area contributed by atoms with Crippen molar-refractivity contribution in [3.8, 4) is 0 Å². The molecule has 0 bridgehead atoms. The molecular weight excluding hydrogens is 354 g/mol. The van der Waals surface area contributed by atoms with E-state index >= 15 is 0 Å². The summed E-state index contributed by atoms with van der Waals surface area (Å²) in [4.78, 5) is 0.